The summed E-state index contributed by atoms with van der Waals surface area (Å²) < 4.78 is 0. The van der Waals surface area contributed by atoms with Gasteiger partial charge in [0.25, 0.3) is 5.91 Å². The fraction of sp³-hybridized carbons (Fsp3) is 0.250. The molecule has 0 aliphatic carbocycles. The maximum atomic E-state index is 12.8. The summed E-state index contributed by atoms with van der Waals surface area (Å²) in [5.74, 6) is 0.715. The molecule has 138 valence electrons. The first-order valence-electron chi connectivity index (χ1n) is 8.60. The Labute approximate surface area is 158 Å². The van der Waals surface area contributed by atoms with Crippen LogP contribution in [0.4, 0.5) is 5.82 Å². The van der Waals surface area contributed by atoms with Gasteiger partial charge in [0.15, 0.2) is 0 Å². The van der Waals surface area contributed by atoms with E-state index in [1.165, 1.54) is 6.33 Å². The molecule has 0 fully saturated rings. The summed E-state index contributed by atoms with van der Waals surface area (Å²) >= 11 is 0. The molecule has 1 atom stereocenters. The number of carbonyl (C=O) groups is 1. The molecule has 27 heavy (non-hydrogen) atoms. The first-order chi connectivity index (χ1) is 13.0. The highest BCUT2D eigenvalue weighted by molar-refractivity contribution is 5.94. The fourth-order valence-electron chi connectivity index (χ4n) is 2.62. The van der Waals surface area contributed by atoms with E-state index in [4.69, 9.17) is 0 Å². The summed E-state index contributed by atoms with van der Waals surface area (Å²) in [4.78, 5) is 33.3. The van der Waals surface area contributed by atoms with Crippen molar-refractivity contribution in [1.29, 1.82) is 0 Å². The summed E-state index contributed by atoms with van der Waals surface area (Å²) in [6, 6.07) is 9.06. The smallest absolute Gasteiger partial charge is 0.254 e. The molecule has 0 aliphatic rings. The van der Waals surface area contributed by atoms with Gasteiger partial charge in [0, 0.05) is 38.5 Å². The lowest BCUT2D eigenvalue weighted by Gasteiger charge is -2.24. The van der Waals surface area contributed by atoms with Crippen LogP contribution < -0.4 is 4.90 Å². The van der Waals surface area contributed by atoms with Crippen molar-refractivity contribution in [3.63, 3.8) is 0 Å². The topological polar surface area (TPSA) is 75.1 Å². The third-order valence-electron chi connectivity index (χ3n) is 4.44. The lowest BCUT2D eigenvalue weighted by Crippen LogP contribution is -2.30. The fourth-order valence-corrected chi connectivity index (χ4v) is 2.62. The molecule has 1 aromatic carbocycles. The normalized spacial score (nSPS) is 11.7. The van der Waals surface area contributed by atoms with Gasteiger partial charge in [-0.25, -0.2) is 15.0 Å². The van der Waals surface area contributed by atoms with E-state index in [2.05, 4.69) is 19.9 Å². The third kappa shape index (κ3) is 4.08. The van der Waals surface area contributed by atoms with E-state index >= 15 is 0 Å². The molecular weight excluding hydrogens is 340 g/mol. The van der Waals surface area contributed by atoms with Gasteiger partial charge in [0.05, 0.1) is 29.8 Å². The Kier molecular flexibility index (Phi) is 5.40. The number of carbonyl (C=O) groups excluding carboxylic acids is 1. The molecule has 1 unspecified atom stereocenters. The minimum Gasteiger partial charge on any atom is -0.361 e. The maximum absolute atomic E-state index is 12.8. The predicted molar refractivity (Wildman–Crippen MR) is 104 cm³/mol. The van der Waals surface area contributed by atoms with E-state index in [0.717, 1.165) is 22.8 Å². The molecule has 0 radical (unpaired) electrons. The van der Waals surface area contributed by atoms with Crippen LogP contribution in [0, 0.1) is 0 Å². The van der Waals surface area contributed by atoms with E-state index in [1.807, 2.05) is 56.3 Å². The Morgan fingerprint density at radius 3 is 2.37 bits per heavy atom. The van der Waals surface area contributed by atoms with E-state index in [-0.39, 0.29) is 11.9 Å². The van der Waals surface area contributed by atoms with Crippen LogP contribution in [-0.2, 0) is 0 Å². The quantitative estimate of drug-likeness (QED) is 0.695. The van der Waals surface area contributed by atoms with Gasteiger partial charge in [-0.2, -0.15) is 0 Å². The van der Waals surface area contributed by atoms with Crippen LogP contribution in [0.2, 0.25) is 0 Å². The lowest BCUT2D eigenvalue weighted by atomic mass is 10.1. The Hall–Kier alpha value is -3.35. The molecule has 0 saturated heterocycles. The van der Waals surface area contributed by atoms with Gasteiger partial charge in [0.1, 0.15) is 12.1 Å². The number of aromatic nitrogens is 4. The van der Waals surface area contributed by atoms with Crippen molar-refractivity contribution in [2.45, 2.75) is 13.0 Å². The van der Waals surface area contributed by atoms with Crippen LogP contribution in [0.1, 0.15) is 29.0 Å². The standard InChI is InChI=1S/C20H22N6O/c1-14(17-9-10-21-13-23-17)26(4)20(27)16-7-5-15(6-8-16)18-11-22-12-19(24-18)25(2)3/h5-14H,1-4H3. The summed E-state index contributed by atoms with van der Waals surface area (Å²) in [5.41, 5.74) is 3.09. The predicted octanol–water partition coefficient (Wildman–Crippen LogP) is 2.83. The minimum absolute atomic E-state index is 0.0687. The molecule has 3 aromatic rings. The van der Waals surface area contributed by atoms with E-state index in [1.54, 1.807) is 30.5 Å². The van der Waals surface area contributed by atoms with Gasteiger partial charge in [-0.15, -0.1) is 0 Å². The van der Waals surface area contributed by atoms with Crippen molar-refractivity contribution in [3.05, 3.63) is 66.5 Å². The molecule has 2 heterocycles. The van der Waals surface area contributed by atoms with E-state index in [9.17, 15) is 4.79 Å². The molecular formula is C20H22N6O. The van der Waals surface area contributed by atoms with Crippen molar-refractivity contribution >= 4 is 11.7 Å². The molecule has 0 aliphatic heterocycles. The zero-order valence-electron chi connectivity index (χ0n) is 15.9. The lowest BCUT2D eigenvalue weighted by molar-refractivity contribution is 0.0739. The van der Waals surface area contributed by atoms with Crippen LogP contribution in [0.25, 0.3) is 11.3 Å². The number of benzene rings is 1. The Morgan fingerprint density at radius 1 is 1.00 bits per heavy atom. The molecule has 7 nitrogen and oxygen atoms in total. The highest BCUT2D eigenvalue weighted by Crippen LogP contribution is 2.22. The zero-order valence-corrected chi connectivity index (χ0v) is 15.9. The van der Waals surface area contributed by atoms with Crippen LogP contribution in [0.5, 0.6) is 0 Å². The van der Waals surface area contributed by atoms with Crippen LogP contribution in [-0.4, -0.2) is 51.9 Å². The van der Waals surface area contributed by atoms with E-state index < -0.39 is 0 Å². The van der Waals surface area contributed by atoms with Crippen molar-refractivity contribution < 1.29 is 4.79 Å². The molecule has 1 amide bonds. The Bertz CT molecular complexity index is 911. The highest BCUT2D eigenvalue weighted by Gasteiger charge is 2.20. The average Bonchev–Trinajstić information content (AvgIpc) is 2.73. The van der Waals surface area contributed by atoms with Crippen molar-refractivity contribution in [2.75, 3.05) is 26.0 Å². The summed E-state index contributed by atoms with van der Waals surface area (Å²) in [6.45, 7) is 1.94. The average molecular weight is 362 g/mol. The summed E-state index contributed by atoms with van der Waals surface area (Å²) in [6.07, 6.45) is 6.59. The monoisotopic (exact) mass is 362 g/mol. The van der Waals surface area contributed by atoms with Gasteiger partial charge in [-0.3, -0.25) is 9.78 Å². The summed E-state index contributed by atoms with van der Waals surface area (Å²) in [5, 5.41) is 0. The Balaban J connectivity index is 1.78. The second-order valence-electron chi connectivity index (χ2n) is 6.46. The van der Waals surface area contributed by atoms with Gasteiger partial charge < -0.3 is 9.80 Å². The van der Waals surface area contributed by atoms with Gasteiger partial charge >= 0.3 is 0 Å². The first kappa shape index (κ1) is 18.4. The number of amides is 1. The number of rotatable bonds is 5. The van der Waals surface area contributed by atoms with Crippen LogP contribution in [0.3, 0.4) is 0 Å². The summed E-state index contributed by atoms with van der Waals surface area (Å²) in [7, 11) is 5.61. The molecule has 3 rings (SSSR count). The van der Waals surface area contributed by atoms with Crippen molar-refractivity contribution in [3.8, 4) is 11.3 Å². The zero-order chi connectivity index (χ0) is 19.4. The second kappa shape index (κ2) is 7.90. The SMILES string of the molecule is CC(c1ccncn1)N(C)C(=O)c1ccc(-c2cncc(N(C)C)n2)cc1. The molecule has 0 spiro atoms. The molecule has 0 N–H and O–H groups in total. The number of hydrogen-bond acceptors (Lipinski definition) is 6. The number of nitrogens with zero attached hydrogens (tertiary/aromatic N) is 6. The van der Waals surface area contributed by atoms with Gasteiger partial charge in [0.2, 0.25) is 0 Å². The largest absolute Gasteiger partial charge is 0.361 e. The van der Waals surface area contributed by atoms with Gasteiger partial charge in [-0.1, -0.05) is 12.1 Å². The van der Waals surface area contributed by atoms with Crippen molar-refractivity contribution in [2.24, 2.45) is 0 Å². The Morgan fingerprint density at radius 2 is 1.74 bits per heavy atom. The first-order valence-corrected chi connectivity index (χ1v) is 8.60. The van der Waals surface area contributed by atoms with Gasteiger partial charge in [-0.05, 0) is 25.1 Å². The highest BCUT2D eigenvalue weighted by atomic mass is 16.2. The number of anilines is 1. The molecule has 0 saturated carbocycles. The third-order valence-corrected chi connectivity index (χ3v) is 4.44. The number of hydrogen-bond donors (Lipinski definition) is 0. The maximum Gasteiger partial charge on any atom is 0.254 e. The molecule has 7 heteroatoms. The molecule has 0 bridgehead atoms. The van der Waals surface area contributed by atoms with E-state index in [0.29, 0.717) is 5.56 Å². The second-order valence-corrected chi connectivity index (χ2v) is 6.46. The van der Waals surface area contributed by atoms with Crippen LogP contribution >= 0.6 is 0 Å². The minimum atomic E-state index is -0.150. The van der Waals surface area contributed by atoms with Crippen molar-refractivity contribution in [1.82, 2.24) is 24.8 Å². The van der Waals surface area contributed by atoms with Crippen LogP contribution in [0.15, 0.2) is 55.2 Å². The molecule has 2 aromatic heterocycles.